The van der Waals surface area contributed by atoms with Crippen molar-refractivity contribution >= 4 is 44.8 Å². The highest BCUT2D eigenvalue weighted by Gasteiger charge is 2.82. The van der Waals surface area contributed by atoms with Gasteiger partial charge in [-0.1, -0.05) is 121 Å². The molecule has 0 N–H and O–H groups in total. The van der Waals surface area contributed by atoms with E-state index in [0.717, 1.165) is 32.7 Å². The number of rotatable bonds is 5. The Bertz CT molecular complexity index is 2490. The van der Waals surface area contributed by atoms with Crippen LogP contribution in [0.4, 0.5) is 5.69 Å². The standard InChI is InChI=1S/C45H31N2O4/c1-46-26-14-19-30(27-46)51-36-25-13-12-24-35(36)47-41(48)39-40(42(47)49)45(29-17-6-3-7-18-29)38-34-23-11-9-21-32(34)31-20-8-10-22-33(31)37(38)44(39,43(45)50)28-15-4-2-5-16-28/h2-27,39-40H,1H3/q+1/t39-,40+,44-,45+. The Morgan fingerprint density at radius 3 is 1.55 bits per heavy atom. The second-order valence-electron chi connectivity index (χ2n) is 13.8. The van der Waals surface area contributed by atoms with E-state index in [-0.39, 0.29) is 5.78 Å². The van der Waals surface area contributed by atoms with Gasteiger partial charge in [-0.15, -0.1) is 0 Å². The molecule has 0 radical (unpaired) electrons. The summed E-state index contributed by atoms with van der Waals surface area (Å²) in [7, 11) is 1.90. The predicted octanol–water partition coefficient (Wildman–Crippen LogP) is 7.58. The number of carbonyl (C=O) groups excluding carboxylic acids is 3. The Kier molecular flexibility index (Phi) is 6.10. The lowest BCUT2D eigenvalue weighted by molar-refractivity contribution is -0.671. The molecule has 2 heterocycles. The highest BCUT2D eigenvalue weighted by atomic mass is 16.5. The number of aromatic nitrogens is 1. The molecule has 10 rings (SSSR count). The summed E-state index contributed by atoms with van der Waals surface area (Å²) in [6.07, 6.45) is 3.73. The summed E-state index contributed by atoms with van der Waals surface area (Å²) in [5.41, 5.74) is 0.545. The van der Waals surface area contributed by atoms with E-state index in [1.165, 1.54) is 4.90 Å². The van der Waals surface area contributed by atoms with Crippen LogP contribution in [-0.2, 0) is 32.3 Å². The third kappa shape index (κ3) is 3.61. The first-order valence-corrected chi connectivity index (χ1v) is 17.2. The Morgan fingerprint density at radius 2 is 1.02 bits per heavy atom. The number of amides is 2. The van der Waals surface area contributed by atoms with Gasteiger partial charge in [-0.2, -0.15) is 0 Å². The predicted molar refractivity (Wildman–Crippen MR) is 195 cm³/mol. The number of aryl methyl sites for hydroxylation is 1. The number of ketones is 1. The Labute approximate surface area is 294 Å². The van der Waals surface area contributed by atoms with Crippen LogP contribution in [0.1, 0.15) is 22.3 Å². The number of para-hydroxylation sites is 2. The molecule has 244 valence electrons. The fraction of sp³-hybridized carbons (Fsp3) is 0.111. The Morgan fingerprint density at radius 1 is 0.549 bits per heavy atom. The molecule has 0 unspecified atom stereocenters. The Balaban J connectivity index is 1.32. The molecule has 1 aliphatic heterocycles. The number of fused-ring (bicyclic) bond motifs is 13. The molecule has 2 fully saturated rings. The van der Waals surface area contributed by atoms with Crippen LogP contribution in [0.15, 0.2) is 158 Å². The zero-order chi connectivity index (χ0) is 34.5. The minimum atomic E-state index is -1.44. The van der Waals surface area contributed by atoms with Gasteiger partial charge in [0.25, 0.3) is 0 Å². The van der Waals surface area contributed by atoms with Gasteiger partial charge in [0.2, 0.25) is 18.0 Å². The molecule has 1 aromatic heterocycles. The van der Waals surface area contributed by atoms with Gasteiger partial charge >= 0.3 is 0 Å². The fourth-order valence-electron chi connectivity index (χ4n) is 9.66. The molecule has 2 aliphatic carbocycles. The first-order chi connectivity index (χ1) is 25.0. The maximum atomic E-state index is 16.1. The van der Waals surface area contributed by atoms with Gasteiger partial charge in [0.05, 0.1) is 28.4 Å². The smallest absolute Gasteiger partial charge is 0.239 e. The monoisotopic (exact) mass is 663 g/mol. The van der Waals surface area contributed by atoms with Crippen LogP contribution in [0.5, 0.6) is 11.5 Å². The summed E-state index contributed by atoms with van der Waals surface area (Å²) < 4.78 is 8.25. The number of imide groups is 1. The van der Waals surface area contributed by atoms with Crippen LogP contribution in [0.25, 0.3) is 21.5 Å². The van der Waals surface area contributed by atoms with Gasteiger partial charge in [-0.05, 0) is 62.0 Å². The van der Waals surface area contributed by atoms with Crippen molar-refractivity contribution in [3.8, 4) is 11.5 Å². The molecule has 4 atom stereocenters. The van der Waals surface area contributed by atoms with Crippen LogP contribution < -0.4 is 14.2 Å². The van der Waals surface area contributed by atoms with Crippen molar-refractivity contribution in [1.29, 1.82) is 0 Å². The second kappa shape index (κ2) is 10.6. The molecule has 2 amide bonds. The van der Waals surface area contributed by atoms with E-state index in [1.54, 1.807) is 18.2 Å². The number of ether oxygens (including phenoxy) is 1. The third-order valence-corrected chi connectivity index (χ3v) is 11.4. The minimum Gasteiger partial charge on any atom is -0.449 e. The van der Waals surface area contributed by atoms with E-state index in [9.17, 15) is 0 Å². The summed E-state index contributed by atoms with van der Waals surface area (Å²) in [4.78, 5) is 48.3. The summed E-state index contributed by atoms with van der Waals surface area (Å²) >= 11 is 0. The topological polar surface area (TPSA) is 67.6 Å². The van der Waals surface area contributed by atoms with Gasteiger partial charge in [0.1, 0.15) is 7.05 Å². The lowest BCUT2D eigenvalue weighted by Crippen LogP contribution is -2.45. The van der Waals surface area contributed by atoms with Gasteiger partial charge < -0.3 is 4.74 Å². The van der Waals surface area contributed by atoms with Crippen molar-refractivity contribution in [2.75, 3.05) is 4.90 Å². The maximum Gasteiger partial charge on any atom is 0.239 e. The van der Waals surface area contributed by atoms with Crippen LogP contribution >= 0.6 is 0 Å². The highest BCUT2D eigenvalue weighted by Crippen LogP contribution is 2.72. The van der Waals surface area contributed by atoms with Gasteiger partial charge in [0.15, 0.2) is 23.5 Å². The van der Waals surface area contributed by atoms with Crippen LogP contribution in [0.3, 0.4) is 0 Å². The number of benzene rings is 6. The van der Waals surface area contributed by atoms with E-state index in [0.29, 0.717) is 28.3 Å². The minimum absolute atomic E-state index is 0.124. The number of pyridine rings is 1. The number of nitrogens with zero attached hydrogens (tertiary/aromatic N) is 2. The van der Waals surface area contributed by atoms with Crippen molar-refractivity contribution in [1.82, 2.24) is 0 Å². The van der Waals surface area contributed by atoms with Crippen LogP contribution in [0.2, 0.25) is 0 Å². The summed E-state index contributed by atoms with van der Waals surface area (Å²) in [6.45, 7) is 0. The molecule has 0 spiro atoms. The number of hydrogen-bond acceptors (Lipinski definition) is 4. The Hall–Kier alpha value is -6.40. The van der Waals surface area contributed by atoms with E-state index >= 15 is 14.4 Å². The molecule has 2 bridgehead atoms. The quantitative estimate of drug-likeness (QED) is 0.108. The summed E-state index contributed by atoms with van der Waals surface area (Å²) in [5.74, 6) is -2.00. The number of Topliss-reactive ketones (excluding diaryl/α,β-unsaturated/α-hetero) is 1. The number of hydrogen-bond donors (Lipinski definition) is 0. The van der Waals surface area contributed by atoms with Crippen LogP contribution in [-0.4, -0.2) is 17.6 Å². The molecule has 7 aromatic rings. The zero-order valence-corrected chi connectivity index (χ0v) is 27.7. The normalized spacial score (nSPS) is 23.2. The van der Waals surface area contributed by atoms with E-state index in [1.807, 2.05) is 127 Å². The van der Waals surface area contributed by atoms with E-state index < -0.39 is 34.5 Å². The average Bonchev–Trinajstić information content (AvgIpc) is 3.68. The van der Waals surface area contributed by atoms with E-state index in [2.05, 4.69) is 24.3 Å². The SMILES string of the molecule is C[n+]1cccc(Oc2ccccc2N2C(=O)[C@@H]3[C@H](C2=O)[C@]2(c4ccccc4)C(=O)[C@@]3(c3ccccc3)c3c2c2ccccc2c2ccccc32)c1. The van der Waals surface area contributed by atoms with Crippen LogP contribution in [0, 0.1) is 11.8 Å². The molecular weight excluding hydrogens is 633 g/mol. The second-order valence-corrected chi connectivity index (χ2v) is 13.8. The zero-order valence-electron chi connectivity index (χ0n) is 27.7. The number of anilines is 1. The first kappa shape index (κ1) is 29.5. The molecule has 1 saturated carbocycles. The number of carbonyl (C=O) groups is 3. The molecule has 6 nitrogen and oxygen atoms in total. The van der Waals surface area contributed by atoms with E-state index in [4.69, 9.17) is 4.74 Å². The van der Waals surface area contributed by atoms with Gasteiger partial charge in [-0.3, -0.25) is 14.4 Å². The fourth-order valence-corrected chi connectivity index (χ4v) is 9.66. The van der Waals surface area contributed by atoms with Gasteiger partial charge in [0, 0.05) is 6.07 Å². The van der Waals surface area contributed by atoms with Crippen molar-refractivity contribution < 1.29 is 23.7 Å². The lowest BCUT2D eigenvalue weighted by atomic mass is 9.59. The van der Waals surface area contributed by atoms with Crippen molar-refractivity contribution in [3.05, 3.63) is 180 Å². The average molecular weight is 664 g/mol. The largest absolute Gasteiger partial charge is 0.449 e. The first-order valence-electron chi connectivity index (χ1n) is 17.2. The van der Waals surface area contributed by atoms with Crippen molar-refractivity contribution in [3.63, 3.8) is 0 Å². The molecular formula is C45H31N2O4+. The molecule has 3 aliphatic rings. The van der Waals surface area contributed by atoms with Crippen molar-refractivity contribution in [2.45, 2.75) is 10.8 Å². The molecule has 51 heavy (non-hydrogen) atoms. The van der Waals surface area contributed by atoms with Crippen molar-refractivity contribution in [2.24, 2.45) is 18.9 Å². The highest BCUT2D eigenvalue weighted by molar-refractivity contribution is 6.34. The molecule has 6 heteroatoms. The van der Waals surface area contributed by atoms with Gasteiger partial charge in [-0.25, -0.2) is 9.47 Å². The lowest BCUT2D eigenvalue weighted by Gasteiger charge is -2.38. The maximum absolute atomic E-state index is 16.1. The third-order valence-electron chi connectivity index (χ3n) is 11.4. The molecule has 1 saturated heterocycles. The molecule has 6 aromatic carbocycles. The summed E-state index contributed by atoms with van der Waals surface area (Å²) in [6, 6.07) is 46.4. The summed E-state index contributed by atoms with van der Waals surface area (Å²) in [5, 5.41) is 3.84.